The normalized spacial score (nSPS) is 12.7. The smallest absolute Gasteiger partial charge is 0.0623 e. The first kappa shape index (κ1) is 1.78. The summed E-state index contributed by atoms with van der Waals surface area (Å²) in [5.74, 6) is 0. The highest BCUT2D eigenvalue weighted by Crippen LogP contribution is 1.79. The molecule has 0 bridgehead atoms. The minimum Gasteiger partial charge on any atom is -0.0623 e. The molecule has 0 heterocycles. The molecule has 0 saturated heterocycles. The zero-order valence-corrected chi connectivity index (χ0v) is 3.31. The van der Waals surface area contributed by atoms with E-state index < -0.39 is 0 Å². The van der Waals surface area contributed by atoms with E-state index in [9.17, 15) is 0 Å². The Bertz CT molecular complexity index is 163. The number of benzene rings is 1. The number of hydrogen-bond donors (Lipinski definition) is 0. The molecule has 0 saturated carbocycles. The van der Waals surface area contributed by atoms with Crippen LogP contribution in [0, 0.1) is 0 Å². The SMILES string of the molecule is [3H]c1ccccc1[3H]. The van der Waals surface area contributed by atoms with Gasteiger partial charge in [0, 0.05) is 0 Å². The van der Waals surface area contributed by atoms with Gasteiger partial charge in [0.25, 0.3) is 0 Å². The van der Waals surface area contributed by atoms with Crippen LogP contribution in [-0.4, -0.2) is 0 Å². The summed E-state index contributed by atoms with van der Waals surface area (Å²) in [4.78, 5) is 0. The molecule has 1 rings (SSSR count). The van der Waals surface area contributed by atoms with Crippen molar-refractivity contribution in [2.24, 2.45) is 0 Å². The molecule has 0 radical (unpaired) electrons. The lowest BCUT2D eigenvalue weighted by atomic mass is 10.4. The molecule has 0 unspecified atom stereocenters. The molecule has 0 amide bonds. The van der Waals surface area contributed by atoms with Crippen LogP contribution in [0.15, 0.2) is 36.4 Å². The van der Waals surface area contributed by atoms with E-state index in [1.54, 1.807) is 24.3 Å². The molecule has 1 aromatic rings. The maximum atomic E-state index is 7.03. The lowest BCUT2D eigenvalue weighted by Gasteiger charge is -1.69. The minimum atomic E-state index is 0.285. The first-order valence-corrected chi connectivity index (χ1v) is 1.83. The predicted octanol–water partition coefficient (Wildman–Crippen LogP) is 1.69. The van der Waals surface area contributed by atoms with Crippen molar-refractivity contribution in [3.8, 4) is 0 Å². The van der Waals surface area contributed by atoms with E-state index in [-0.39, 0.29) is 12.1 Å². The molecule has 1 aromatic carbocycles. The van der Waals surface area contributed by atoms with Crippen LogP contribution in [0.25, 0.3) is 0 Å². The van der Waals surface area contributed by atoms with Gasteiger partial charge in [0.1, 0.15) is 0 Å². The Kier molecular flexibility index (Phi) is 0.477. The molecule has 0 aliphatic carbocycles. The molecule has 0 nitrogen and oxygen atoms in total. The highest BCUT2D eigenvalue weighted by Gasteiger charge is 1.57. The van der Waals surface area contributed by atoms with E-state index in [0.29, 0.717) is 0 Å². The van der Waals surface area contributed by atoms with Gasteiger partial charge in [0.2, 0.25) is 0 Å². The molecule has 0 aromatic heterocycles. The van der Waals surface area contributed by atoms with Crippen LogP contribution < -0.4 is 0 Å². The van der Waals surface area contributed by atoms with Crippen LogP contribution >= 0.6 is 0 Å². The third-order valence-electron chi connectivity index (χ3n) is 0.554. The third-order valence-corrected chi connectivity index (χ3v) is 0.554. The van der Waals surface area contributed by atoms with Gasteiger partial charge in [0.05, 0.1) is 2.74 Å². The fourth-order valence-electron chi connectivity index (χ4n) is 0.304. The Morgan fingerprint density at radius 3 is 1.67 bits per heavy atom. The Labute approximate surface area is 40.2 Å². The van der Waals surface area contributed by atoms with Crippen LogP contribution in [0.5, 0.6) is 0 Å². The second kappa shape index (κ2) is 1.61. The van der Waals surface area contributed by atoms with E-state index in [0.717, 1.165) is 0 Å². The Hall–Kier alpha value is -0.780. The first-order valence-electron chi connectivity index (χ1n) is 2.83. The summed E-state index contributed by atoms with van der Waals surface area (Å²) < 4.78 is 14.1. The average molecular weight is 82.1 g/mol. The summed E-state index contributed by atoms with van der Waals surface area (Å²) in [6.07, 6.45) is 0. The first-order chi connectivity index (χ1) is 3.80. The molecular weight excluding hydrogens is 72.1 g/mol. The Morgan fingerprint density at radius 1 is 0.833 bits per heavy atom. The van der Waals surface area contributed by atoms with Gasteiger partial charge in [-0.2, -0.15) is 0 Å². The average Bonchev–Trinajstić information content (AvgIpc) is 1.77. The van der Waals surface area contributed by atoms with Gasteiger partial charge in [-0.05, 0) is 0 Å². The molecule has 6 heavy (non-hydrogen) atoms. The second-order valence-corrected chi connectivity index (χ2v) is 1.01. The van der Waals surface area contributed by atoms with Crippen molar-refractivity contribution in [2.75, 3.05) is 0 Å². The maximum Gasteiger partial charge on any atom is 0.0623 e. The van der Waals surface area contributed by atoms with E-state index >= 15 is 0 Å². The van der Waals surface area contributed by atoms with E-state index in [1.807, 2.05) is 0 Å². The molecule has 0 heteroatoms. The molecule has 0 atom stereocenters. The van der Waals surface area contributed by atoms with Crippen molar-refractivity contribution in [2.45, 2.75) is 0 Å². The molecule has 0 aliphatic heterocycles. The number of hydrogen-bond acceptors (Lipinski definition) is 0. The summed E-state index contributed by atoms with van der Waals surface area (Å²) in [5.41, 5.74) is 0. The third kappa shape index (κ3) is 0.582. The monoisotopic (exact) mass is 82.1 g/mol. The maximum absolute atomic E-state index is 7.03. The summed E-state index contributed by atoms with van der Waals surface area (Å²) in [5, 5.41) is 0. The van der Waals surface area contributed by atoms with Gasteiger partial charge >= 0.3 is 0 Å². The van der Waals surface area contributed by atoms with E-state index in [2.05, 4.69) is 0 Å². The quantitative estimate of drug-likeness (QED) is 0.446. The molecule has 0 N–H and O–H groups in total. The van der Waals surface area contributed by atoms with E-state index in [4.69, 9.17) is 2.74 Å². The van der Waals surface area contributed by atoms with Crippen LogP contribution in [0.1, 0.15) is 2.74 Å². The summed E-state index contributed by atoms with van der Waals surface area (Å²) in [7, 11) is 0. The lowest BCUT2D eigenvalue weighted by molar-refractivity contribution is 1.72. The highest BCUT2D eigenvalue weighted by molar-refractivity contribution is 4.99. The summed E-state index contributed by atoms with van der Waals surface area (Å²) in [6.45, 7) is 0. The minimum absolute atomic E-state index is 0.285. The largest absolute Gasteiger partial charge is 0.0623 e. The zero-order valence-electron chi connectivity index (χ0n) is 5.31. The topological polar surface area (TPSA) is 0 Å². The van der Waals surface area contributed by atoms with E-state index in [1.165, 1.54) is 0 Å². The fourth-order valence-corrected chi connectivity index (χ4v) is 0.304. The van der Waals surface area contributed by atoms with Gasteiger partial charge in [0.15, 0.2) is 0 Å². The fraction of sp³-hybridized carbons (Fsp3) is 0. The molecular formula is C6H6. The Morgan fingerprint density at radius 2 is 1.33 bits per heavy atom. The van der Waals surface area contributed by atoms with Gasteiger partial charge in [-0.15, -0.1) is 0 Å². The van der Waals surface area contributed by atoms with Crippen molar-refractivity contribution in [3.05, 3.63) is 36.4 Å². The van der Waals surface area contributed by atoms with Gasteiger partial charge in [-0.1, -0.05) is 36.4 Å². The molecule has 0 fully saturated rings. The van der Waals surface area contributed by atoms with Crippen molar-refractivity contribution in [3.63, 3.8) is 0 Å². The van der Waals surface area contributed by atoms with Crippen molar-refractivity contribution >= 4 is 0 Å². The summed E-state index contributed by atoms with van der Waals surface area (Å²) in [6, 6.07) is 7.27. The van der Waals surface area contributed by atoms with Gasteiger partial charge in [-0.3, -0.25) is 0 Å². The second-order valence-electron chi connectivity index (χ2n) is 1.01. The van der Waals surface area contributed by atoms with Crippen LogP contribution in [-0.2, 0) is 0 Å². The standard InChI is InChI=1S/C6H6/c1-2-4-6-5-3-1/h1-6H/i1T,2T. The van der Waals surface area contributed by atoms with Crippen molar-refractivity contribution in [1.82, 2.24) is 0 Å². The van der Waals surface area contributed by atoms with Crippen molar-refractivity contribution < 1.29 is 2.74 Å². The van der Waals surface area contributed by atoms with Crippen LogP contribution in [0.2, 0.25) is 0 Å². The highest BCUT2D eigenvalue weighted by atomic mass is 13.6. The van der Waals surface area contributed by atoms with Gasteiger partial charge < -0.3 is 0 Å². The molecule has 0 spiro atoms. The summed E-state index contributed by atoms with van der Waals surface area (Å²) >= 11 is 0. The lowest BCUT2D eigenvalue weighted by Crippen LogP contribution is -1.47. The molecule has 0 aliphatic rings. The van der Waals surface area contributed by atoms with Crippen molar-refractivity contribution in [1.29, 1.82) is 0 Å². The zero-order chi connectivity index (χ0) is 5.98. The Balaban J connectivity index is 3.13. The van der Waals surface area contributed by atoms with Gasteiger partial charge in [-0.25, -0.2) is 0 Å². The van der Waals surface area contributed by atoms with Crippen LogP contribution in [0.4, 0.5) is 0 Å². The predicted molar refractivity (Wildman–Crippen MR) is 26.4 cm³/mol. The number of rotatable bonds is 0. The van der Waals surface area contributed by atoms with Crippen LogP contribution in [0.3, 0.4) is 0 Å². The molecule has 30 valence electrons.